The van der Waals surface area contributed by atoms with E-state index >= 15 is 0 Å². The highest BCUT2D eigenvalue weighted by Crippen LogP contribution is 2.18. The zero-order valence-electron chi connectivity index (χ0n) is 12.8. The molecule has 0 aliphatic rings. The summed E-state index contributed by atoms with van der Waals surface area (Å²) in [7, 11) is 1.60. The van der Waals surface area contributed by atoms with Gasteiger partial charge >= 0.3 is 0 Å². The van der Waals surface area contributed by atoms with Crippen molar-refractivity contribution in [2.75, 3.05) is 13.7 Å². The van der Waals surface area contributed by atoms with E-state index in [2.05, 4.69) is 4.99 Å². The summed E-state index contributed by atoms with van der Waals surface area (Å²) in [4.78, 5) is 16.3. The van der Waals surface area contributed by atoms with E-state index in [-0.39, 0.29) is 12.2 Å². The standard InChI is InChI=1S/C18H19NO3/c1-3-22-17-10-6-15(7-11-17)19-13-12-18(20)14-4-8-16(21-2)9-5-14/h4-11,13H,3,12H2,1-2H3. The van der Waals surface area contributed by atoms with Crippen molar-refractivity contribution in [1.82, 2.24) is 0 Å². The molecular formula is C18H19NO3. The van der Waals surface area contributed by atoms with Crippen molar-refractivity contribution in [3.8, 4) is 11.5 Å². The minimum atomic E-state index is 0.0253. The molecule has 0 aromatic heterocycles. The molecule has 0 radical (unpaired) electrons. The summed E-state index contributed by atoms with van der Waals surface area (Å²) in [6, 6.07) is 14.5. The Balaban J connectivity index is 1.91. The van der Waals surface area contributed by atoms with Crippen LogP contribution in [0.1, 0.15) is 23.7 Å². The van der Waals surface area contributed by atoms with Crippen LogP contribution in [0.2, 0.25) is 0 Å². The van der Waals surface area contributed by atoms with Crippen LogP contribution in [0.15, 0.2) is 53.5 Å². The molecule has 0 saturated carbocycles. The lowest BCUT2D eigenvalue weighted by atomic mass is 10.1. The van der Waals surface area contributed by atoms with Crippen LogP contribution in [0.25, 0.3) is 0 Å². The highest BCUT2D eigenvalue weighted by atomic mass is 16.5. The number of carbonyl (C=O) groups is 1. The van der Waals surface area contributed by atoms with Crippen LogP contribution in [0.4, 0.5) is 5.69 Å². The van der Waals surface area contributed by atoms with Crippen molar-refractivity contribution in [2.24, 2.45) is 4.99 Å². The van der Waals surface area contributed by atoms with Crippen LogP contribution in [-0.4, -0.2) is 25.7 Å². The molecule has 0 aliphatic carbocycles. The largest absolute Gasteiger partial charge is 0.497 e. The molecule has 0 heterocycles. The van der Waals surface area contributed by atoms with Gasteiger partial charge in [-0.25, -0.2) is 0 Å². The number of nitrogens with zero attached hydrogens (tertiary/aromatic N) is 1. The third kappa shape index (κ3) is 4.45. The van der Waals surface area contributed by atoms with Crippen LogP contribution in [0.5, 0.6) is 11.5 Å². The molecule has 2 aromatic rings. The molecule has 2 rings (SSSR count). The number of benzene rings is 2. The fraction of sp³-hybridized carbons (Fsp3) is 0.222. The summed E-state index contributed by atoms with van der Waals surface area (Å²) in [5, 5.41) is 0. The third-order valence-electron chi connectivity index (χ3n) is 3.08. The summed E-state index contributed by atoms with van der Waals surface area (Å²) >= 11 is 0. The Morgan fingerprint density at radius 2 is 1.68 bits per heavy atom. The number of hydrogen-bond acceptors (Lipinski definition) is 4. The Hall–Kier alpha value is -2.62. The van der Waals surface area contributed by atoms with Crippen molar-refractivity contribution in [2.45, 2.75) is 13.3 Å². The van der Waals surface area contributed by atoms with Gasteiger partial charge in [-0.15, -0.1) is 0 Å². The molecular weight excluding hydrogens is 278 g/mol. The number of hydrogen-bond donors (Lipinski definition) is 0. The van der Waals surface area contributed by atoms with Gasteiger partial charge in [-0.3, -0.25) is 9.79 Å². The number of rotatable bonds is 7. The summed E-state index contributed by atoms with van der Waals surface area (Å²) in [6.45, 7) is 2.58. The average molecular weight is 297 g/mol. The maximum absolute atomic E-state index is 12.0. The predicted molar refractivity (Wildman–Crippen MR) is 87.7 cm³/mol. The molecule has 0 atom stereocenters. The first-order valence-corrected chi connectivity index (χ1v) is 7.15. The van der Waals surface area contributed by atoms with Gasteiger partial charge in [-0.1, -0.05) is 0 Å². The number of methoxy groups -OCH3 is 1. The average Bonchev–Trinajstić information content (AvgIpc) is 2.56. The fourth-order valence-electron chi connectivity index (χ4n) is 1.92. The van der Waals surface area contributed by atoms with Crippen molar-refractivity contribution in [3.63, 3.8) is 0 Å². The third-order valence-corrected chi connectivity index (χ3v) is 3.08. The van der Waals surface area contributed by atoms with Gasteiger partial charge in [0, 0.05) is 18.2 Å². The van der Waals surface area contributed by atoms with E-state index in [1.165, 1.54) is 0 Å². The Morgan fingerprint density at radius 1 is 1.05 bits per heavy atom. The van der Waals surface area contributed by atoms with Gasteiger partial charge in [-0.2, -0.15) is 0 Å². The van der Waals surface area contributed by atoms with Gasteiger partial charge in [0.1, 0.15) is 11.5 Å². The highest BCUT2D eigenvalue weighted by molar-refractivity contribution is 6.03. The second-order valence-corrected chi connectivity index (χ2v) is 4.59. The quantitative estimate of drug-likeness (QED) is 0.571. The Bertz CT molecular complexity index is 630. The molecule has 0 amide bonds. The molecule has 4 nitrogen and oxygen atoms in total. The molecule has 0 unspecified atom stereocenters. The normalized spacial score (nSPS) is 10.6. The summed E-state index contributed by atoms with van der Waals surface area (Å²) < 4.78 is 10.4. The van der Waals surface area contributed by atoms with E-state index in [4.69, 9.17) is 9.47 Å². The van der Waals surface area contributed by atoms with E-state index < -0.39 is 0 Å². The highest BCUT2D eigenvalue weighted by Gasteiger charge is 2.04. The van der Waals surface area contributed by atoms with Gasteiger partial charge in [0.25, 0.3) is 0 Å². The smallest absolute Gasteiger partial charge is 0.168 e. The second-order valence-electron chi connectivity index (χ2n) is 4.59. The van der Waals surface area contributed by atoms with Crippen LogP contribution in [0, 0.1) is 0 Å². The SMILES string of the molecule is CCOc1ccc(N=CCC(=O)c2ccc(OC)cc2)cc1. The maximum atomic E-state index is 12.0. The maximum Gasteiger partial charge on any atom is 0.168 e. The minimum Gasteiger partial charge on any atom is -0.497 e. The first-order valence-electron chi connectivity index (χ1n) is 7.15. The second kappa shape index (κ2) is 7.98. The molecule has 0 aliphatic heterocycles. The number of Topliss-reactive ketones (excluding diaryl/α,β-unsaturated/α-hetero) is 1. The fourth-order valence-corrected chi connectivity index (χ4v) is 1.92. The predicted octanol–water partition coefficient (Wildman–Crippen LogP) is 4.07. The van der Waals surface area contributed by atoms with Crippen molar-refractivity contribution in [3.05, 3.63) is 54.1 Å². The van der Waals surface area contributed by atoms with Gasteiger partial charge < -0.3 is 9.47 Å². The van der Waals surface area contributed by atoms with E-state index in [1.54, 1.807) is 37.6 Å². The Kier molecular flexibility index (Phi) is 5.72. The Morgan fingerprint density at radius 3 is 2.27 bits per heavy atom. The minimum absolute atomic E-state index is 0.0253. The molecule has 0 fully saturated rings. The van der Waals surface area contributed by atoms with Crippen LogP contribution in [0.3, 0.4) is 0 Å². The van der Waals surface area contributed by atoms with E-state index in [1.807, 2.05) is 31.2 Å². The van der Waals surface area contributed by atoms with Gasteiger partial charge in [0.15, 0.2) is 5.78 Å². The van der Waals surface area contributed by atoms with Gasteiger partial charge in [0.2, 0.25) is 0 Å². The summed E-state index contributed by atoms with van der Waals surface area (Å²) in [5.74, 6) is 1.58. The van der Waals surface area contributed by atoms with E-state index in [0.29, 0.717) is 12.2 Å². The molecule has 0 spiro atoms. The lowest BCUT2D eigenvalue weighted by Gasteiger charge is -2.02. The molecule has 2 aromatic carbocycles. The Labute approximate surface area is 130 Å². The van der Waals surface area contributed by atoms with Crippen LogP contribution < -0.4 is 9.47 Å². The summed E-state index contributed by atoms with van der Waals surface area (Å²) in [5.41, 5.74) is 1.45. The van der Waals surface area contributed by atoms with E-state index in [9.17, 15) is 4.79 Å². The first-order chi connectivity index (χ1) is 10.7. The first kappa shape index (κ1) is 15.8. The molecule has 0 bridgehead atoms. The topological polar surface area (TPSA) is 47.9 Å². The summed E-state index contributed by atoms with van der Waals surface area (Å²) in [6.07, 6.45) is 1.89. The monoisotopic (exact) mass is 297 g/mol. The van der Waals surface area contributed by atoms with Crippen molar-refractivity contribution < 1.29 is 14.3 Å². The lowest BCUT2D eigenvalue weighted by molar-refractivity contribution is 0.100. The molecule has 4 heteroatoms. The zero-order valence-corrected chi connectivity index (χ0v) is 12.8. The number of aliphatic imine (C=N–C) groups is 1. The van der Waals surface area contributed by atoms with Gasteiger partial charge in [0.05, 0.1) is 19.4 Å². The molecule has 0 N–H and O–H groups in total. The lowest BCUT2D eigenvalue weighted by Crippen LogP contribution is -1.99. The number of ether oxygens (including phenoxy) is 2. The van der Waals surface area contributed by atoms with E-state index in [0.717, 1.165) is 17.2 Å². The number of ketones is 1. The van der Waals surface area contributed by atoms with Crippen molar-refractivity contribution >= 4 is 17.7 Å². The molecule has 0 saturated heterocycles. The van der Waals surface area contributed by atoms with Crippen LogP contribution in [-0.2, 0) is 0 Å². The van der Waals surface area contributed by atoms with Crippen LogP contribution >= 0.6 is 0 Å². The van der Waals surface area contributed by atoms with Crippen molar-refractivity contribution in [1.29, 1.82) is 0 Å². The zero-order chi connectivity index (χ0) is 15.8. The van der Waals surface area contributed by atoms with Gasteiger partial charge in [-0.05, 0) is 55.5 Å². The molecule has 114 valence electrons. The molecule has 22 heavy (non-hydrogen) atoms. The number of carbonyl (C=O) groups excluding carboxylic acids is 1.